The van der Waals surface area contributed by atoms with Gasteiger partial charge in [-0.05, 0) is 61.4 Å². The third-order valence-corrected chi connectivity index (χ3v) is 4.59. The summed E-state index contributed by atoms with van der Waals surface area (Å²) in [5, 5.41) is 11.6. The molecule has 3 aromatic rings. The average molecular weight is 458 g/mol. The summed E-state index contributed by atoms with van der Waals surface area (Å²) < 4.78 is 6.42. The van der Waals surface area contributed by atoms with E-state index in [0.717, 1.165) is 21.9 Å². The van der Waals surface area contributed by atoms with Crippen LogP contribution in [0, 0.1) is 24.0 Å². The highest BCUT2D eigenvalue weighted by molar-refractivity contribution is 9.10. The zero-order valence-electron chi connectivity index (χ0n) is 15.5. The van der Waals surface area contributed by atoms with E-state index in [9.17, 15) is 14.9 Å². The number of aromatic nitrogens is 2. The molecule has 0 fully saturated rings. The van der Waals surface area contributed by atoms with E-state index in [1.54, 1.807) is 36.4 Å². The molecule has 3 rings (SSSR count). The van der Waals surface area contributed by atoms with Crippen LogP contribution in [-0.4, -0.2) is 20.8 Å². The molecule has 0 unspecified atom stereocenters. The molecule has 0 spiro atoms. The fourth-order valence-electron chi connectivity index (χ4n) is 2.37. The summed E-state index contributed by atoms with van der Waals surface area (Å²) in [5.41, 5.74) is 6.75. The van der Waals surface area contributed by atoms with Gasteiger partial charge < -0.3 is 4.74 Å². The van der Waals surface area contributed by atoms with Gasteiger partial charge in [0.05, 0.1) is 4.92 Å². The molecule has 10 heteroatoms. The van der Waals surface area contributed by atoms with E-state index in [4.69, 9.17) is 4.74 Å². The first-order valence-electron chi connectivity index (χ1n) is 8.41. The Morgan fingerprint density at radius 2 is 1.83 bits per heavy atom. The van der Waals surface area contributed by atoms with Crippen LogP contribution in [0.4, 0.5) is 11.5 Å². The maximum Gasteiger partial charge on any atom is 0.374 e. The van der Waals surface area contributed by atoms with Crippen LogP contribution in [0.1, 0.15) is 21.5 Å². The van der Waals surface area contributed by atoms with E-state index in [1.165, 1.54) is 0 Å². The van der Waals surface area contributed by atoms with Crippen molar-refractivity contribution in [2.75, 3.05) is 5.43 Å². The van der Waals surface area contributed by atoms with Gasteiger partial charge in [-0.25, -0.2) is 4.98 Å². The number of nitrogens with zero attached hydrogens (tertiary/aromatic N) is 3. The van der Waals surface area contributed by atoms with E-state index in [2.05, 4.69) is 36.7 Å². The number of hydrazine groups is 1. The topological polar surface area (TPSA) is 119 Å². The normalized spacial score (nSPS) is 10.3. The third kappa shape index (κ3) is 4.85. The van der Waals surface area contributed by atoms with Crippen molar-refractivity contribution < 1.29 is 14.5 Å². The molecule has 0 aliphatic carbocycles. The Hall–Kier alpha value is -3.53. The lowest BCUT2D eigenvalue weighted by atomic mass is 10.1. The van der Waals surface area contributed by atoms with Crippen LogP contribution in [-0.2, 0) is 0 Å². The largest absolute Gasteiger partial charge is 0.434 e. The van der Waals surface area contributed by atoms with Gasteiger partial charge in [0.2, 0.25) is 5.82 Å². The SMILES string of the molecule is Cc1ccc(Oc2ncnc(NNC(=O)c3ccc(Br)cc3)c2[N+](=O)[O-])cc1C. The van der Waals surface area contributed by atoms with Crippen LogP contribution < -0.4 is 15.6 Å². The van der Waals surface area contributed by atoms with Crippen molar-refractivity contribution in [3.8, 4) is 11.6 Å². The number of nitrogens with one attached hydrogen (secondary N) is 2. The average Bonchev–Trinajstić information content (AvgIpc) is 2.69. The number of amides is 1. The Balaban J connectivity index is 1.82. The van der Waals surface area contributed by atoms with Gasteiger partial charge in [0, 0.05) is 10.0 Å². The molecule has 0 bridgehead atoms. The second kappa shape index (κ2) is 8.65. The summed E-state index contributed by atoms with van der Waals surface area (Å²) >= 11 is 3.29. The highest BCUT2D eigenvalue weighted by Gasteiger charge is 2.25. The number of aryl methyl sites for hydroxylation is 2. The number of rotatable bonds is 6. The zero-order chi connectivity index (χ0) is 21.0. The highest BCUT2D eigenvalue weighted by atomic mass is 79.9. The minimum Gasteiger partial charge on any atom is -0.434 e. The van der Waals surface area contributed by atoms with Crippen molar-refractivity contribution >= 4 is 33.3 Å². The van der Waals surface area contributed by atoms with Crippen LogP contribution in [0.2, 0.25) is 0 Å². The van der Waals surface area contributed by atoms with E-state index >= 15 is 0 Å². The summed E-state index contributed by atoms with van der Waals surface area (Å²) in [6, 6.07) is 11.9. The number of anilines is 1. The monoisotopic (exact) mass is 457 g/mol. The molecule has 2 aromatic carbocycles. The van der Waals surface area contributed by atoms with Crippen molar-refractivity contribution in [3.05, 3.63) is 80.1 Å². The van der Waals surface area contributed by atoms with Gasteiger partial charge in [-0.2, -0.15) is 4.98 Å². The van der Waals surface area contributed by atoms with E-state index < -0.39 is 16.5 Å². The summed E-state index contributed by atoms with van der Waals surface area (Å²) in [5.74, 6) is -0.523. The third-order valence-electron chi connectivity index (χ3n) is 4.07. The molecular weight excluding hydrogens is 442 g/mol. The Labute approximate surface area is 174 Å². The number of carbonyl (C=O) groups excluding carboxylic acids is 1. The molecule has 0 saturated heterocycles. The minimum absolute atomic E-state index is 0.200. The van der Waals surface area contributed by atoms with Gasteiger partial charge >= 0.3 is 11.6 Å². The fourth-order valence-corrected chi connectivity index (χ4v) is 2.64. The summed E-state index contributed by atoms with van der Waals surface area (Å²) in [4.78, 5) is 30.9. The lowest BCUT2D eigenvalue weighted by Gasteiger charge is -2.11. The second-order valence-corrected chi connectivity index (χ2v) is 6.98. The molecule has 0 aliphatic rings. The minimum atomic E-state index is -0.676. The van der Waals surface area contributed by atoms with Gasteiger partial charge in [-0.15, -0.1) is 0 Å². The maximum atomic E-state index is 12.2. The van der Waals surface area contributed by atoms with Gasteiger partial charge in [0.15, 0.2) is 0 Å². The van der Waals surface area contributed by atoms with Gasteiger partial charge in [-0.1, -0.05) is 22.0 Å². The van der Waals surface area contributed by atoms with Crippen molar-refractivity contribution in [1.29, 1.82) is 0 Å². The number of hydrogen-bond acceptors (Lipinski definition) is 7. The molecule has 29 heavy (non-hydrogen) atoms. The Kier molecular flexibility index (Phi) is 6.03. The van der Waals surface area contributed by atoms with Gasteiger partial charge in [-0.3, -0.25) is 25.8 Å². The van der Waals surface area contributed by atoms with Crippen LogP contribution in [0.15, 0.2) is 53.3 Å². The van der Waals surface area contributed by atoms with Crippen LogP contribution in [0.3, 0.4) is 0 Å². The second-order valence-electron chi connectivity index (χ2n) is 6.07. The lowest BCUT2D eigenvalue weighted by Crippen LogP contribution is -2.30. The van der Waals surface area contributed by atoms with Crippen molar-refractivity contribution in [2.45, 2.75) is 13.8 Å². The van der Waals surface area contributed by atoms with E-state index in [0.29, 0.717) is 11.3 Å². The number of hydrogen-bond donors (Lipinski definition) is 2. The number of carbonyl (C=O) groups is 1. The molecule has 1 aromatic heterocycles. The highest BCUT2D eigenvalue weighted by Crippen LogP contribution is 2.34. The number of halogens is 1. The lowest BCUT2D eigenvalue weighted by molar-refractivity contribution is -0.385. The Morgan fingerprint density at radius 1 is 1.10 bits per heavy atom. The molecule has 0 aliphatic heterocycles. The number of ether oxygens (including phenoxy) is 1. The first-order chi connectivity index (χ1) is 13.8. The first kappa shape index (κ1) is 20.2. The molecule has 0 radical (unpaired) electrons. The number of nitro groups is 1. The molecule has 2 N–H and O–H groups in total. The first-order valence-corrected chi connectivity index (χ1v) is 9.21. The molecule has 0 atom stereocenters. The standard InChI is InChI=1S/C19H16BrN5O4/c1-11-3-8-15(9-12(11)2)29-19-16(25(27)28)17(21-10-22-19)23-24-18(26)13-4-6-14(20)7-5-13/h3-10H,1-2H3,(H,24,26)(H,21,22,23). The predicted molar refractivity (Wildman–Crippen MR) is 110 cm³/mol. The fraction of sp³-hybridized carbons (Fsp3) is 0.105. The summed E-state index contributed by atoms with van der Waals surface area (Å²) in [7, 11) is 0. The quantitative estimate of drug-likeness (QED) is 0.417. The van der Waals surface area contributed by atoms with E-state index in [-0.39, 0.29) is 11.7 Å². The maximum absolute atomic E-state index is 12.2. The van der Waals surface area contributed by atoms with Crippen molar-refractivity contribution in [3.63, 3.8) is 0 Å². The molecule has 0 saturated carbocycles. The summed E-state index contributed by atoms with van der Waals surface area (Å²) in [6.07, 6.45) is 1.11. The van der Waals surface area contributed by atoms with Crippen LogP contribution in [0.25, 0.3) is 0 Å². The van der Waals surface area contributed by atoms with Gasteiger partial charge in [0.1, 0.15) is 12.1 Å². The molecule has 148 valence electrons. The van der Waals surface area contributed by atoms with Crippen LogP contribution >= 0.6 is 15.9 Å². The zero-order valence-corrected chi connectivity index (χ0v) is 17.1. The summed E-state index contributed by atoms with van der Waals surface area (Å²) in [6.45, 7) is 3.85. The molecular formula is C19H16BrN5O4. The molecule has 9 nitrogen and oxygen atoms in total. The molecule has 1 heterocycles. The Morgan fingerprint density at radius 3 is 2.48 bits per heavy atom. The van der Waals surface area contributed by atoms with E-state index in [1.807, 2.05) is 19.9 Å². The number of benzene rings is 2. The Bertz CT molecular complexity index is 1070. The predicted octanol–water partition coefficient (Wildman–Crippen LogP) is 4.31. The smallest absolute Gasteiger partial charge is 0.374 e. The molecule has 1 amide bonds. The van der Waals surface area contributed by atoms with Gasteiger partial charge in [0.25, 0.3) is 5.91 Å². The van der Waals surface area contributed by atoms with Crippen LogP contribution in [0.5, 0.6) is 11.6 Å². The van der Waals surface area contributed by atoms with Crippen molar-refractivity contribution in [1.82, 2.24) is 15.4 Å². The van der Waals surface area contributed by atoms with Crippen molar-refractivity contribution in [2.24, 2.45) is 0 Å².